The van der Waals surface area contributed by atoms with Gasteiger partial charge in [-0.15, -0.1) is 0 Å². The average Bonchev–Trinajstić information content (AvgIpc) is 2.43. The van der Waals surface area contributed by atoms with Gasteiger partial charge in [0.2, 0.25) is 5.91 Å². The monoisotopic (exact) mass is 310 g/mol. The summed E-state index contributed by atoms with van der Waals surface area (Å²) in [4.78, 5) is 27.3. The van der Waals surface area contributed by atoms with Gasteiger partial charge in [0.25, 0.3) is 0 Å². The van der Waals surface area contributed by atoms with Crippen molar-refractivity contribution in [3.05, 3.63) is 16.9 Å². The van der Waals surface area contributed by atoms with Gasteiger partial charge in [0, 0.05) is 12.7 Å². The standard InChI is InChI=1S/C13H15ClN4O3/c1-3-16-10-8(13(20)21-4-2)7-17-12(14)11(10)18-9(19)5-6-15/h7H,3-5H2,1-2H3,(H,16,17)(H,18,19). The van der Waals surface area contributed by atoms with Gasteiger partial charge in [-0.1, -0.05) is 11.6 Å². The van der Waals surface area contributed by atoms with Crippen molar-refractivity contribution in [1.29, 1.82) is 5.26 Å². The van der Waals surface area contributed by atoms with Crippen LogP contribution in [0.4, 0.5) is 11.4 Å². The Morgan fingerprint density at radius 2 is 2.14 bits per heavy atom. The van der Waals surface area contributed by atoms with E-state index in [-0.39, 0.29) is 29.4 Å². The lowest BCUT2D eigenvalue weighted by Gasteiger charge is -2.16. The van der Waals surface area contributed by atoms with Crippen LogP contribution >= 0.6 is 11.6 Å². The predicted molar refractivity (Wildman–Crippen MR) is 78.2 cm³/mol. The number of amides is 1. The van der Waals surface area contributed by atoms with Gasteiger partial charge in [0.15, 0.2) is 5.15 Å². The summed E-state index contributed by atoms with van der Waals surface area (Å²) < 4.78 is 4.94. The van der Waals surface area contributed by atoms with Gasteiger partial charge in [-0.2, -0.15) is 5.26 Å². The second-order valence-electron chi connectivity index (χ2n) is 3.85. The Hall–Kier alpha value is -2.33. The normalized spacial score (nSPS) is 9.62. The quantitative estimate of drug-likeness (QED) is 0.616. The number of nitriles is 1. The number of anilines is 2. The van der Waals surface area contributed by atoms with Crippen molar-refractivity contribution in [1.82, 2.24) is 4.98 Å². The fourth-order valence-electron chi connectivity index (χ4n) is 1.58. The highest BCUT2D eigenvalue weighted by atomic mass is 35.5. The molecule has 0 radical (unpaired) electrons. The first-order valence-corrected chi connectivity index (χ1v) is 6.69. The molecule has 0 aliphatic carbocycles. The molecule has 0 bridgehead atoms. The van der Waals surface area contributed by atoms with Crippen LogP contribution in [0.3, 0.4) is 0 Å². The molecule has 1 amide bonds. The maximum absolute atomic E-state index is 11.9. The second kappa shape index (κ2) is 8.07. The molecule has 1 aromatic heterocycles. The van der Waals surface area contributed by atoms with Crippen LogP contribution in [0.2, 0.25) is 5.15 Å². The molecule has 2 N–H and O–H groups in total. The summed E-state index contributed by atoms with van der Waals surface area (Å²) in [5.74, 6) is -1.12. The molecular formula is C13H15ClN4O3. The smallest absolute Gasteiger partial charge is 0.341 e. The maximum atomic E-state index is 11.9. The molecule has 21 heavy (non-hydrogen) atoms. The fourth-order valence-corrected chi connectivity index (χ4v) is 1.77. The van der Waals surface area contributed by atoms with Crippen molar-refractivity contribution in [3.63, 3.8) is 0 Å². The van der Waals surface area contributed by atoms with Crippen LogP contribution in [0.15, 0.2) is 6.20 Å². The van der Waals surface area contributed by atoms with E-state index in [1.807, 2.05) is 6.92 Å². The van der Waals surface area contributed by atoms with Gasteiger partial charge in [-0.05, 0) is 13.8 Å². The molecule has 0 unspecified atom stereocenters. The zero-order chi connectivity index (χ0) is 15.8. The van der Waals surface area contributed by atoms with Crippen LogP contribution < -0.4 is 10.6 Å². The van der Waals surface area contributed by atoms with E-state index in [9.17, 15) is 9.59 Å². The highest BCUT2D eigenvalue weighted by Gasteiger charge is 2.20. The van der Waals surface area contributed by atoms with Crippen molar-refractivity contribution < 1.29 is 14.3 Å². The SMILES string of the molecule is CCNc1c(C(=O)OCC)cnc(Cl)c1NC(=O)CC#N. The number of hydrogen-bond acceptors (Lipinski definition) is 6. The molecular weight excluding hydrogens is 296 g/mol. The minimum absolute atomic E-state index is 0.0188. The van der Waals surface area contributed by atoms with Gasteiger partial charge in [-0.25, -0.2) is 9.78 Å². The molecule has 0 saturated carbocycles. The minimum Gasteiger partial charge on any atom is -0.462 e. The van der Waals surface area contributed by atoms with Gasteiger partial charge in [-0.3, -0.25) is 4.79 Å². The van der Waals surface area contributed by atoms with Crippen LogP contribution in [0.5, 0.6) is 0 Å². The Bertz CT molecular complexity index is 584. The molecule has 0 spiro atoms. The Labute approximate surface area is 127 Å². The molecule has 7 nitrogen and oxygen atoms in total. The summed E-state index contributed by atoms with van der Waals surface area (Å²) in [6, 6.07) is 1.73. The largest absolute Gasteiger partial charge is 0.462 e. The van der Waals surface area contributed by atoms with E-state index in [2.05, 4.69) is 15.6 Å². The number of hydrogen-bond donors (Lipinski definition) is 2. The number of ether oxygens (including phenoxy) is 1. The van der Waals surface area contributed by atoms with Gasteiger partial charge in [0.05, 0.1) is 18.4 Å². The lowest BCUT2D eigenvalue weighted by molar-refractivity contribution is -0.115. The Morgan fingerprint density at radius 1 is 1.43 bits per heavy atom. The zero-order valence-electron chi connectivity index (χ0n) is 11.7. The van der Waals surface area contributed by atoms with Crippen molar-refractivity contribution in [2.75, 3.05) is 23.8 Å². The summed E-state index contributed by atoms with van der Waals surface area (Å²) in [6.07, 6.45) is 0.948. The third-order valence-electron chi connectivity index (χ3n) is 2.39. The Kier molecular flexibility index (Phi) is 6.43. The zero-order valence-corrected chi connectivity index (χ0v) is 12.5. The van der Waals surface area contributed by atoms with E-state index < -0.39 is 11.9 Å². The molecule has 0 saturated heterocycles. The third-order valence-corrected chi connectivity index (χ3v) is 2.67. The molecule has 1 rings (SSSR count). The first-order valence-electron chi connectivity index (χ1n) is 6.31. The van der Waals surface area contributed by atoms with Crippen LogP contribution in [0.1, 0.15) is 30.6 Å². The van der Waals surface area contributed by atoms with Gasteiger partial charge < -0.3 is 15.4 Å². The first kappa shape index (κ1) is 16.7. The van der Waals surface area contributed by atoms with Crippen molar-refractivity contribution in [2.45, 2.75) is 20.3 Å². The summed E-state index contributed by atoms with van der Waals surface area (Å²) in [6.45, 7) is 4.21. The summed E-state index contributed by atoms with van der Waals surface area (Å²) >= 11 is 5.96. The number of carbonyl (C=O) groups is 2. The molecule has 112 valence electrons. The van der Waals surface area contributed by atoms with Crippen LogP contribution in [-0.4, -0.2) is 30.0 Å². The number of rotatable bonds is 6. The van der Waals surface area contributed by atoms with Crippen LogP contribution in [0.25, 0.3) is 0 Å². The lowest BCUT2D eigenvalue weighted by atomic mass is 10.2. The molecule has 0 atom stereocenters. The molecule has 0 fully saturated rings. The number of pyridine rings is 1. The second-order valence-corrected chi connectivity index (χ2v) is 4.20. The summed E-state index contributed by atoms with van der Waals surface area (Å²) in [5.41, 5.74) is 0.641. The highest BCUT2D eigenvalue weighted by molar-refractivity contribution is 6.33. The van der Waals surface area contributed by atoms with E-state index in [0.29, 0.717) is 12.2 Å². The number of nitrogens with one attached hydrogen (secondary N) is 2. The third kappa shape index (κ3) is 4.33. The molecule has 1 heterocycles. The molecule has 8 heteroatoms. The fraction of sp³-hybridized carbons (Fsp3) is 0.385. The average molecular weight is 311 g/mol. The van der Waals surface area contributed by atoms with E-state index >= 15 is 0 Å². The predicted octanol–water partition coefficient (Wildman–Crippen LogP) is 2.20. The van der Waals surface area contributed by atoms with E-state index in [1.54, 1.807) is 13.0 Å². The number of halogens is 1. The summed E-state index contributed by atoms with van der Waals surface area (Å²) in [5, 5.41) is 14.0. The maximum Gasteiger partial charge on any atom is 0.341 e. The number of carbonyl (C=O) groups excluding carboxylic acids is 2. The van der Waals surface area contributed by atoms with E-state index in [4.69, 9.17) is 21.6 Å². The minimum atomic E-state index is -0.576. The van der Waals surface area contributed by atoms with Gasteiger partial charge >= 0.3 is 5.97 Å². The Morgan fingerprint density at radius 3 is 2.71 bits per heavy atom. The van der Waals surface area contributed by atoms with Crippen LogP contribution in [0, 0.1) is 11.3 Å². The number of aromatic nitrogens is 1. The number of nitrogens with zero attached hydrogens (tertiary/aromatic N) is 2. The molecule has 0 aliphatic rings. The van der Waals surface area contributed by atoms with Crippen molar-refractivity contribution in [3.8, 4) is 6.07 Å². The topological polar surface area (TPSA) is 104 Å². The first-order chi connectivity index (χ1) is 10.0. The molecule has 0 aliphatic heterocycles. The van der Waals surface area contributed by atoms with E-state index in [1.165, 1.54) is 6.20 Å². The molecule has 0 aromatic carbocycles. The Balaban J connectivity index is 3.26. The summed E-state index contributed by atoms with van der Waals surface area (Å²) in [7, 11) is 0. The van der Waals surface area contributed by atoms with Gasteiger partial charge in [0.1, 0.15) is 17.7 Å². The van der Waals surface area contributed by atoms with Crippen LogP contribution in [-0.2, 0) is 9.53 Å². The number of esters is 1. The molecule has 1 aromatic rings. The van der Waals surface area contributed by atoms with E-state index in [0.717, 1.165) is 0 Å². The van der Waals surface area contributed by atoms with Crippen molar-refractivity contribution >= 4 is 34.9 Å². The van der Waals surface area contributed by atoms with Crippen molar-refractivity contribution in [2.24, 2.45) is 0 Å². The lowest BCUT2D eigenvalue weighted by Crippen LogP contribution is -2.17. The highest BCUT2D eigenvalue weighted by Crippen LogP contribution is 2.32.